The van der Waals surface area contributed by atoms with E-state index in [9.17, 15) is 14.0 Å². The molecule has 0 saturated carbocycles. The second-order valence-electron chi connectivity index (χ2n) is 6.37. The molecular weight excluding hydrogens is 481 g/mol. The number of ether oxygens (including phenoxy) is 1. The number of hydrogen-bond acceptors (Lipinski definition) is 6. The van der Waals surface area contributed by atoms with Crippen LogP contribution < -0.4 is 20.7 Å². The van der Waals surface area contributed by atoms with Crippen LogP contribution in [0.25, 0.3) is 10.9 Å². The molecule has 164 valence electrons. The molecule has 8 nitrogen and oxygen atoms in total. The van der Waals surface area contributed by atoms with Crippen molar-refractivity contribution >= 4 is 55.8 Å². The van der Waals surface area contributed by atoms with E-state index in [1.165, 1.54) is 12.4 Å². The van der Waals surface area contributed by atoms with Gasteiger partial charge < -0.3 is 20.7 Å². The normalized spacial score (nSPS) is 10.3. The molecule has 32 heavy (non-hydrogen) atoms. The van der Waals surface area contributed by atoms with Gasteiger partial charge in [-0.2, -0.15) is 0 Å². The molecular formula is C22H19BrFN5O3. The fourth-order valence-corrected chi connectivity index (χ4v) is 3.04. The molecule has 1 aromatic heterocycles. The molecule has 0 radical (unpaired) electrons. The van der Waals surface area contributed by atoms with Gasteiger partial charge in [0.15, 0.2) is 0 Å². The summed E-state index contributed by atoms with van der Waals surface area (Å²) in [5.74, 6) is -0.557. The number of amides is 2. The molecule has 2 amide bonds. The number of rotatable bonds is 9. The first-order chi connectivity index (χ1) is 15.4. The summed E-state index contributed by atoms with van der Waals surface area (Å²) in [5.41, 5.74) is 1.07. The fourth-order valence-electron chi connectivity index (χ4n) is 2.71. The number of hydrogen-bond donors (Lipinski definition) is 3. The van der Waals surface area contributed by atoms with Crippen LogP contribution >= 0.6 is 15.9 Å². The highest BCUT2D eigenvalue weighted by molar-refractivity contribution is 9.10. The summed E-state index contributed by atoms with van der Waals surface area (Å²) in [7, 11) is 0. The maximum atomic E-state index is 14.3. The molecule has 1 heterocycles. The summed E-state index contributed by atoms with van der Waals surface area (Å²) in [6.07, 6.45) is 3.61. The van der Waals surface area contributed by atoms with E-state index >= 15 is 0 Å². The molecule has 10 heteroatoms. The molecule has 3 rings (SSSR count). The molecule has 0 aliphatic rings. The van der Waals surface area contributed by atoms with E-state index in [0.717, 1.165) is 12.2 Å². The van der Waals surface area contributed by atoms with Crippen molar-refractivity contribution in [2.45, 2.75) is 0 Å². The SMILES string of the molecule is C=CC(=O)NCCOc1cc2ncnc(Nc3ccc(Br)cc3F)c2cc1NC(=O)C=C. The van der Waals surface area contributed by atoms with Crippen molar-refractivity contribution in [1.82, 2.24) is 15.3 Å². The molecule has 0 unspecified atom stereocenters. The van der Waals surface area contributed by atoms with Crippen LogP contribution in [0, 0.1) is 5.82 Å². The first kappa shape index (κ1) is 22.9. The number of halogens is 2. The third kappa shape index (κ3) is 5.67. The van der Waals surface area contributed by atoms with Crippen LogP contribution in [0.1, 0.15) is 0 Å². The highest BCUT2D eigenvalue weighted by Gasteiger charge is 2.14. The molecule has 3 aromatic rings. The van der Waals surface area contributed by atoms with Gasteiger partial charge in [-0.3, -0.25) is 9.59 Å². The van der Waals surface area contributed by atoms with Gasteiger partial charge in [0.05, 0.1) is 23.4 Å². The van der Waals surface area contributed by atoms with Crippen LogP contribution in [0.15, 0.2) is 66.4 Å². The van der Waals surface area contributed by atoms with Gasteiger partial charge in [0.2, 0.25) is 11.8 Å². The van der Waals surface area contributed by atoms with E-state index < -0.39 is 11.7 Å². The Morgan fingerprint density at radius 2 is 1.88 bits per heavy atom. The molecule has 0 saturated heterocycles. The highest BCUT2D eigenvalue weighted by atomic mass is 79.9. The van der Waals surface area contributed by atoms with Gasteiger partial charge in [-0.25, -0.2) is 14.4 Å². The second-order valence-corrected chi connectivity index (χ2v) is 7.29. The van der Waals surface area contributed by atoms with Crippen molar-refractivity contribution in [3.8, 4) is 5.75 Å². The van der Waals surface area contributed by atoms with Crippen molar-refractivity contribution < 1.29 is 18.7 Å². The number of carbonyl (C=O) groups is 2. The summed E-state index contributed by atoms with van der Waals surface area (Å²) in [6.45, 7) is 7.21. The highest BCUT2D eigenvalue weighted by Crippen LogP contribution is 2.34. The Hall–Kier alpha value is -3.79. The van der Waals surface area contributed by atoms with Crippen LogP contribution in [0.5, 0.6) is 5.75 Å². The van der Waals surface area contributed by atoms with Gasteiger partial charge in [0, 0.05) is 15.9 Å². The Labute approximate surface area is 191 Å². The monoisotopic (exact) mass is 499 g/mol. The van der Waals surface area contributed by atoms with Gasteiger partial charge in [-0.05, 0) is 36.4 Å². The van der Waals surface area contributed by atoms with Crippen molar-refractivity contribution in [1.29, 1.82) is 0 Å². The molecule has 0 fully saturated rings. The average Bonchev–Trinajstić information content (AvgIpc) is 2.78. The number of nitrogens with zero attached hydrogens (tertiary/aromatic N) is 2. The smallest absolute Gasteiger partial charge is 0.247 e. The van der Waals surface area contributed by atoms with E-state index in [4.69, 9.17) is 4.74 Å². The zero-order valence-corrected chi connectivity index (χ0v) is 18.4. The molecule has 0 atom stereocenters. The van der Waals surface area contributed by atoms with Crippen LogP contribution in [-0.2, 0) is 9.59 Å². The van der Waals surface area contributed by atoms with Crippen molar-refractivity contribution in [2.75, 3.05) is 23.8 Å². The quantitative estimate of drug-likeness (QED) is 0.302. The first-order valence-corrected chi connectivity index (χ1v) is 10.2. The zero-order chi connectivity index (χ0) is 23.1. The van der Waals surface area contributed by atoms with Gasteiger partial charge in [0.25, 0.3) is 0 Å². The third-order valence-electron chi connectivity index (χ3n) is 4.21. The second kappa shape index (κ2) is 10.5. The molecule has 0 aliphatic carbocycles. The van der Waals surface area contributed by atoms with Gasteiger partial charge in [-0.1, -0.05) is 29.1 Å². The lowest BCUT2D eigenvalue weighted by Crippen LogP contribution is -2.26. The number of fused-ring (bicyclic) bond motifs is 1. The van der Waals surface area contributed by atoms with E-state index in [1.54, 1.807) is 24.3 Å². The van der Waals surface area contributed by atoms with Crippen LogP contribution in [-0.4, -0.2) is 34.9 Å². The zero-order valence-electron chi connectivity index (χ0n) is 16.8. The van der Waals surface area contributed by atoms with Crippen molar-refractivity contribution in [3.05, 3.63) is 72.3 Å². The van der Waals surface area contributed by atoms with Crippen molar-refractivity contribution in [3.63, 3.8) is 0 Å². The topological polar surface area (TPSA) is 105 Å². The first-order valence-electron chi connectivity index (χ1n) is 9.38. The lowest BCUT2D eigenvalue weighted by Gasteiger charge is -2.15. The summed E-state index contributed by atoms with van der Waals surface area (Å²) in [4.78, 5) is 31.7. The van der Waals surface area contributed by atoms with Gasteiger partial charge >= 0.3 is 0 Å². The van der Waals surface area contributed by atoms with E-state index in [1.807, 2.05) is 0 Å². The van der Waals surface area contributed by atoms with E-state index in [-0.39, 0.29) is 24.7 Å². The lowest BCUT2D eigenvalue weighted by atomic mass is 10.1. The number of nitrogens with one attached hydrogen (secondary N) is 3. The molecule has 0 spiro atoms. The Bertz CT molecular complexity index is 1200. The molecule has 0 aliphatic heterocycles. The minimum Gasteiger partial charge on any atom is -0.489 e. The number of carbonyl (C=O) groups excluding carboxylic acids is 2. The summed E-state index contributed by atoms with van der Waals surface area (Å²) in [5, 5.41) is 8.75. The van der Waals surface area contributed by atoms with Gasteiger partial charge in [0.1, 0.15) is 30.3 Å². The molecule has 3 N–H and O–H groups in total. The number of benzene rings is 2. The Morgan fingerprint density at radius 3 is 2.59 bits per heavy atom. The minimum atomic E-state index is -0.465. The van der Waals surface area contributed by atoms with Crippen molar-refractivity contribution in [2.24, 2.45) is 0 Å². The van der Waals surface area contributed by atoms with Crippen LogP contribution in [0.4, 0.5) is 21.6 Å². The summed E-state index contributed by atoms with van der Waals surface area (Å²) in [6, 6.07) is 7.84. The Morgan fingerprint density at radius 1 is 1.09 bits per heavy atom. The molecule has 0 bridgehead atoms. The van der Waals surface area contributed by atoms with Gasteiger partial charge in [-0.15, -0.1) is 0 Å². The number of aromatic nitrogens is 2. The fraction of sp³-hybridized carbons (Fsp3) is 0.0909. The summed E-state index contributed by atoms with van der Waals surface area (Å²) < 4.78 is 20.6. The maximum Gasteiger partial charge on any atom is 0.247 e. The third-order valence-corrected chi connectivity index (χ3v) is 4.70. The summed E-state index contributed by atoms with van der Waals surface area (Å²) >= 11 is 3.22. The predicted molar refractivity (Wildman–Crippen MR) is 124 cm³/mol. The van der Waals surface area contributed by atoms with Crippen LogP contribution in [0.3, 0.4) is 0 Å². The van der Waals surface area contributed by atoms with E-state index in [0.29, 0.717) is 32.6 Å². The predicted octanol–water partition coefficient (Wildman–Crippen LogP) is 4.08. The van der Waals surface area contributed by atoms with Crippen LogP contribution in [0.2, 0.25) is 0 Å². The Balaban J connectivity index is 1.95. The molecule has 2 aromatic carbocycles. The lowest BCUT2D eigenvalue weighted by molar-refractivity contribution is -0.116. The average molecular weight is 500 g/mol. The standard InChI is InChI=1S/C22H19BrFN5O3/c1-3-20(30)25-7-8-32-19-11-17-14(10-18(19)28-21(31)4-2)22(27-12-26-17)29-16-6-5-13(23)9-15(16)24/h3-6,9-12H,1-2,7-8H2,(H,25,30)(H,28,31)(H,26,27,29). The van der Waals surface area contributed by atoms with E-state index in [2.05, 4.69) is 55.0 Å². The minimum absolute atomic E-state index is 0.141. The maximum absolute atomic E-state index is 14.3. The Kier molecular flexibility index (Phi) is 7.50. The number of anilines is 3. The largest absolute Gasteiger partial charge is 0.489 e.